The Morgan fingerprint density at radius 2 is 1.79 bits per heavy atom. The lowest BCUT2D eigenvalue weighted by Crippen LogP contribution is -2.07. The summed E-state index contributed by atoms with van der Waals surface area (Å²) >= 11 is 5.86. The smallest absolute Gasteiger partial charge is 0.143 e. The molecule has 0 saturated heterocycles. The highest BCUT2D eigenvalue weighted by molar-refractivity contribution is 6.30. The topological polar surface area (TPSA) is 38.0 Å². The van der Waals surface area contributed by atoms with Crippen LogP contribution in [0.3, 0.4) is 0 Å². The van der Waals surface area contributed by atoms with Gasteiger partial charge in [0.25, 0.3) is 0 Å². The van der Waals surface area contributed by atoms with E-state index in [0.717, 1.165) is 16.6 Å². The maximum atomic E-state index is 10.4. The zero-order valence-electron chi connectivity index (χ0n) is 10.4. The predicted octanol–water partition coefficient (Wildman–Crippen LogP) is 3.31. The monoisotopic (exact) mass is 272 g/mol. The van der Waals surface area contributed by atoms with Gasteiger partial charge in [0.2, 0.25) is 0 Å². The molecule has 1 heterocycles. The van der Waals surface area contributed by atoms with Gasteiger partial charge in [0.05, 0.1) is 11.0 Å². The first kappa shape index (κ1) is 12.2. The summed E-state index contributed by atoms with van der Waals surface area (Å²) in [6, 6.07) is 15.0. The van der Waals surface area contributed by atoms with Crippen molar-refractivity contribution >= 4 is 22.6 Å². The molecular formula is C15H13ClN2O. The van der Waals surface area contributed by atoms with Crippen LogP contribution in [0.2, 0.25) is 5.02 Å². The van der Waals surface area contributed by atoms with Crippen LogP contribution < -0.4 is 0 Å². The molecule has 0 spiro atoms. The third-order valence-corrected chi connectivity index (χ3v) is 3.50. The van der Waals surface area contributed by atoms with Crippen LogP contribution in [0, 0.1) is 0 Å². The molecule has 0 amide bonds. The molecule has 0 bridgehead atoms. The summed E-state index contributed by atoms with van der Waals surface area (Å²) in [7, 11) is 1.91. The molecule has 1 aromatic heterocycles. The van der Waals surface area contributed by atoms with Gasteiger partial charge in [-0.2, -0.15) is 0 Å². The summed E-state index contributed by atoms with van der Waals surface area (Å²) in [6.07, 6.45) is -0.755. The third-order valence-electron chi connectivity index (χ3n) is 3.25. The van der Waals surface area contributed by atoms with Crippen LogP contribution in [0.1, 0.15) is 17.5 Å². The number of fused-ring (bicyclic) bond motifs is 1. The Morgan fingerprint density at radius 3 is 2.47 bits per heavy atom. The molecule has 19 heavy (non-hydrogen) atoms. The highest BCUT2D eigenvalue weighted by Gasteiger charge is 2.17. The number of benzene rings is 2. The summed E-state index contributed by atoms with van der Waals surface area (Å²) in [4.78, 5) is 4.49. The molecule has 0 aliphatic heterocycles. The lowest BCUT2D eigenvalue weighted by atomic mass is 10.1. The Balaban J connectivity index is 2.08. The van der Waals surface area contributed by atoms with Gasteiger partial charge < -0.3 is 9.67 Å². The first-order chi connectivity index (χ1) is 9.16. The number of aryl methyl sites for hydroxylation is 1. The summed E-state index contributed by atoms with van der Waals surface area (Å²) in [6.45, 7) is 0. The molecular weight excluding hydrogens is 260 g/mol. The largest absolute Gasteiger partial charge is 0.380 e. The van der Waals surface area contributed by atoms with Crippen LogP contribution in [-0.4, -0.2) is 14.7 Å². The predicted molar refractivity (Wildman–Crippen MR) is 76.2 cm³/mol. The van der Waals surface area contributed by atoms with E-state index in [9.17, 15) is 5.11 Å². The first-order valence-electron chi connectivity index (χ1n) is 6.01. The third kappa shape index (κ3) is 2.11. The molecule has 2 aromatic carbocycles. The Labute approximate surface area is 116 Å². The van der Waals surface area contributed by atoms with E-state index in [1.807, 2.05) is 48.0 Å². The number of hydrogen-bond donors (Lipinski definition) is 1. The van der Waals surface area contributed by atoms with E-state index in [1.54, 1.807) is 12.1 Å². The Bertz CT molecular complexity index is 719. The van der Waals surface area contributed by atoms with Crippen molar-refractivity contribution in [3.8, 4) is 0 Å². The quantitative estimate of drug-likeness (QED) is 0.777. The minimum atomic E-state index is -0.755. The molecule has 4 heteroatoms. The van der Waals surface area contributed by atoms with Crippen molar-refractivity contribution in [2.24, 2.45) is 7.05 Å². The van der Waals surface area contributed by atoms with E-state index < -0.39 is 6.10 Å². The second-order valence-electron chi connectivity index (χ2n) is 4.47. The minimum Gasteiger partial charge on any atom is -0.380 e. The lowest BCUT2D eigenvalue weighted by molar-refractivity contribution is 0.207. The fourth-order valence-corrected chi connectivity index (χ4v) is 2.33. The molecule has 1 unspecified atom stereocenters. The van der Waals surface area contributed by atoms with Crippen LogP contribution >= 0.6 is 11.6 Å². The fourth-order valence-electron chi connectivity index (χ4n) is 2.20. The minimum absolute atomic E-state index is 0.628. The number of aliphatic hydroxyl groups excluding tert-OH is 1. The van der Waals surface area contributed by atoms with Crippen molar-refractivity contribution in [1.29, 1.82) is 0 Å². The van der Waals surface area contributed by atoms with Crippen molar-refractivity contribution in [2.45, 2.75) is 6.10 Å². The van der Waals surface area contributed by atoms with Crippen molar-refractivity contribution in [1.82, 2.24) is 9.55 Å². The van der Waals surface area contributed by atoms with E-state index in [2.05, 4.69) is 4.98 Å². The molecule has 1 N–H and O–H groups in total. The molecule has 0 saturated carbocycles. The second-order valence-corrected chi connectivity index (χ2v) is 4.91. The Kier molecular flexibility index (Phi) is 3.01. The zero-order valence-corrected chi connectivity index (χ0v) is 11.2. The van der Waals surface area contributed by atoms with E-state index in [4.69, 9.17) is 11.6 Å². The molecule has 0 fully saturated rings. The molecule has 0 aliphatic rings. The van der Waals surface area contributed by atoms with Crippen LogP contribution in [0.4, 0.5) is 0 Å². The number of rotatable bonds is 2. The maximum Gasteiger partial charge on any atom is 0.143 e. The zero-order chi connectivity index (χ0) is 13.4. The summed E-state index contributed by atoms with van der Waals surface area (Å²) < 4.78 is 1.91. The highest BCUT2D eigenvalue weighted by atomic mass is 35.5. The van der Waals surface area contributed by atoms with Gasteiger partial charge in [-0.3, -0.25) is 0 Å². The summed E-state index contributed by atoms with van der Waals surface area (Å²) in [5.74, 6) is 0.628. The van der Waals surface area contributed by atoms with Gasteiger partial charge in [-0.15, -0.1) is 0 Å². The van der Waals surface area contributed by atoms with Crippen molar-refractivity contribution in [3.63, 3.8) is 0 Å². The molecule has 3 rings (SSSR count). The average Bonchev–Trinajstić information content (AvgIpc) is 2.77. The van der Waals surface area contributed by atoms with Gasteiger partial charge in [0, 0.05) is 12.1 Å². The number of imidazole rings is 1. The van der Waals surface area contributed by atoms with Crippen molar-refractivity contribution in [3.05, 3.63) is 64.9 Å². The molecule has 1 atom stereocenters. The molecule has 96 valence electrons. The van der Waals surface area contributed by atoms with Crippen LogP contribution in [0.15, 0.2) is 48.5 Å². The summed E-state index contributed by atoms with van der Waals surface area (Å²) in [5.41, 5.74) is 2.67. The number of nitrogens with zero attached hydrogens (tertiary/aromatic N) is 2. The Hall–Kier alpha value is -1.84. The second kappa shape index (κ2) is 4.68. The van der Waals surface area contributed by atoms with Crippen molar-refractivity contribution < 1.29 is 5.11 Å². The normalized spacial score (nSPS) is 12.8. The molecule has 3 aromatic rings. The highest BCUT2D eigenvalue weighted by Crippen LogP contribution is 2.25. The van der Waals surface area contributed by atoms with Crippen molar-refractivity contribution in [2.75, 3.05) is 0 Å². The summed E-state index contributed by atoms with van der Waals surface area (Å²) in [5, 5.41) is 11.1. The average molecular weight is 273 g/mol. The van der Waals surface area contributed by atoms with Crippen LogP contribution in [-0.2, 0) is 7.05 Å². The van der Waals surface area contributed by atoms with Gasteiger partial charge in [0.1, 0.15) is 11.9 Å². The van der Waals surface area contributed by atoms with Crippen LogP contribution in [0.5, 0.6) is 0 Å². The van der Waals surface area contributed by atoms with E-state index in [0.29, 0.717) is 10.8 Å². The van der Waals surface area contributed by atoms with E-state index in [1.165, 1.54) is 0 Å². The van der Waals surface area contributed by atoms with E-state index >= 15 is 0 Å². The number of para-hydroxylation sites is 2. The standard InChI is InChI=1S/C15H13ClN2O/c1-18-13-5-3-2-4-12(13)17-15(18)14(19)10-6-8-11(16)9-7-10/h2-9,14,19H,1H3. The van der Waals surface area contributed by atoms with Gasteiger partial charge in [-0.25, -0.2) is 4.98 Å². The van der Waals surface area contributed by atoms with Gasteiger partial charge in [-0.05, 0) is 29.8 Å². The number of halogens is 1. The first-order valence-corrected chi connectivity index (χ1v) is 6.39. The number of aromatic nitrogens is 2. The van der Waals surface area contributed by atoms with Gasteiger partial charge in [0.15, 0.2) is 0 Å². The molecule has 0 radical (unpaired) electrons. The molecule has 0 aliphatic carbocycles. The number of aliphatic hydroxyl groups is 1. The maximum absolute atomic E-state index is 10.4. The van der Waals surface area contributed by atoms with Gasteiger partial charge >= 0.3 is 0 Å². The Morgan fingerprint density at radius 1 is 1.11 bits per heavy atom. The lowest BCUT2D eigenvalue weighted by Gasteiger charge is -2.11. The fraction of sp³-hybridized carbons (Fsp3) is 0.133. The van der Waals surface area contributed by atoms with Crippen LogP contribution in [0.25, 0.3) is 11.0 Å². The van der Waals surface area contributed by atoms with E-state index in [-0.39, 0.29) is 0 Å². The number of hydrogen-bond acceptors (Lipinski definition) is 2. The van der Waals surface area contributed by atoms with Gasteiger partial charge in [-0.1, -0.05) is 35.9 Å². The molecule has 3 nitrogen and oxygen atoms in total. The SMILES string of the molecule is Cn1c(C(O)c2ccc(Cl)cc2)nc2ccccc21.